The number of carbonyl (C=O) groups is 1. The third kappa shape index (κ3) is 4.92. The Balaban J connectivity index is 1.06. The molecule has 1 amide bonds. The van der Waals surface area contributed by atoms with Gasteiger partial charge in [-0.3, -0.25) is 14.7 Å². The first-order valence-electron chi connectivity index (χ1n) is 13.3. The number of nitrogens with one attached hydrogen (secondary N) is 1. The highest BCUT2D eigenvalue weighted by atomic mass is 16.5. The quantitative estimate of drug-likeness (QED) is 0.554. The summed E-state index contributed by atoms with van der Waals surface area (Å²) in [5.41, 5.74) is 4.40. The zero-order valence-electron chi connectivity index (χ0n) is 20.9. The Bertz CT molecular complexity index is 1190. The van der Waals surface area contributed by atoms with E-state index in [4.69, 9.17) is 9.72 Å². The molecule has 2 aliphatic carbocycles. The predicted octanol–water partition coefficient (Wildman–Crippen LogP) is 4.46. The first-order valence-corrected chi connectivity index (χ1v) is 13.3. The van der Waals surface area contributed by atoms with Crippen LogP contribution in [0.3, 0.4) is 0 Å². The summed E-state index contributed by atoms with van der Waals surface area (Å²) in [6.07, 6.45) is 12.6. The lowest BCUT2D eigenvalue weighted by atomic mass is 9.83. The van der Waals surface area contributed by atoms with E-state index in [2.05, 4.69) is 32.4 Å². The molecule has 0 radical (unpaired) electrons. The molecule has 3 aliphatic rings. The van der Waals surface area contributed by atoms with E-state index in [0.717, 1.165) is 56.4 Å². The Hall–Kier alpha value is -3.10. The summed E-state index contributed by atoms with van der Waals surface area (Å²) in [6.45, 7) is 5.73. The molecule has 0 bridgehead atoms. The van der Waals surface area contributed by atoms with Gasteiger partial charge in [0.05, 0.1) is 42.6 Å². The molecule has 0 atom stereocenters. The Morgan fingerprint density at radius 2 is 1.69 bits per heavy atom. The van der Waals surface area contributed by atoms with Crippen LogP contribution in [0, 0.1) is 6.92 Å². The second kappa shape index (κ2) is 10.1. The molecule has 8 heteroatoms. The minimum absolute atomic E-state index is 0.186. The highest BCUT2D eigenvalue weighted by Crippen LogP contribution is 2.39. The van der Waals surface area contributed by atoms with Gasteiger partial charge in [0, 0.05) is 36.9 Å². The van der Waals surface area contributed by atoms with Gasteiger partial charge < -0.3 is 10.1 Å². The standard InChI is InChI=1S/C28H34N6O2/c1-19-25(18-31-34(19)27-11-6-22(16-30-27)20-2-3-20)28(35)32-23-7-10-26(29-17-23)21-4-8-24(9-5-21)33-12-14-36-15-13-33/h6-7,10-11,16-18,20-21,24H,2-5,8-9,12-15H2,1H3,(H,32,35). The van der Waals surface area contributed by atoms with Crippen LogP contribution in [-0.2, 0) is 4.74 Å². The highest BCUT2D eigenvalue weighted by Gasteiger charge is 2.28. The fraction of sp³-hybridized carbons (Fsp3) is 0.500. The van der Waals surface area contributed by atoms with Crippen molar-refractivity contribution in [3.05, 3.63) is 65.4 Å². The molecule has 36 heavy (non-hydrogen) atoms. The summed E-state index contributed by atoms with van der Waals surface area (Å²) in [5.74, 6) is 1.70. The molecule has 6 rings (SSSR count). The summed E-state index contributed by atoms with van der Waals surface area (Å²) < 4.78 is 7.22. The summed E-state index contributed by atoms with van der Waals surface area (Å²) >= 11 is 0. The summed E-state index contributed by atoms with van der Waals surface area (Å²) in [4.78, 5) is 24.8. The number of nitrogens with zero attached hydrogens (tertiary/aromatic N) is 5. The van der Waals surface area contributed by atoms with Crippen LogP contribution in [0.1, 0.15) is 77.7 Å². The lowest BCUT2D eigenvalue weighted by Gasteiger charge is -2.38. The zero-order valence-corrected chi connectivity index (χ0v) is 20.9. The number of aromatic nitrogens is 4. The Morgan fingerprint density at radius 1 is 0.917 bits per heavy atom. The van der Waals surface area contributed by atoms with Crippen molar-refractivity contribution >= 4 is 11.6 Å². The number of hydrogen-bond donors (Lipinski definition) is 1. The number of carbonyl (C=O) groups excluding carboxylic acids is 1. The Morgan fingerprint density at radius 3 is 2.36 bits per heavy atom. The molecule has 3 fully saturated rings. The molecular formula is C28H34N6O2. The molecule has 0 unspecified atom stereocenters. The minimum atomic E-state index is -0.186. The van der Waals surface area contributed by atoms with Gasteiger partial charge in [-0.25, -0.2) is 9.67 Å². The maximum absolute atomic E-state index is 13.0. The minimum Gasteiger partial charge on any atom is -0.379 e. The van der Waals surface area contributed by atoms with Crippen molar-refractivity contribution in [3.8, 4) is 5.82 Å². The SMILES string of the molecule is Cc1c(C(=O)Nc2ccc(C3CCC(N4CCOCC4)CC3)nc2)cnn1-c1ccc(C2CC2)cn1. The lowest BCUT2D eigenvalue weighted by Crippen LogP contribution is -2.44. The molecule has 2 saturated carbocycles. The fourth-order valence-corrected chi connectivity index (χ4v) is 5.64. The molecule has 188 valence electrons. The van der Waals surface area contributed by atoms with E-state index in [9.17, 15) is 4.79 Å². The van der Waals surface area contributed by atoms with Crippen molar-refractivity contribution in [2.45, 2.75) is 63.3 Å². The van der Waals surface area contributed by atoms with Crippen LogP contribution in [0.15, 0.2) is 42.9 Å². The topological polar surface area (TPSA) is 85.2 Å². The molecule has 1 saturated heterocycles. The predicted molar refractivity (Wildman–Crippen MR) is 138 cm³/mol. The van der Waals surface area contributed by atoms with E-state index in [-0.39, 0.29) is 5.91 Å². The van der Waals surface area contributed by atoms with E-state index in [1.165, 1.54) is 31.2 Å². The van der Waals surface area contributed by atoms with Gasteiger partial charge >= 0.3 is 0 Å². The molecular weight excluding hydrogens is 452 g/mol. The molecule has 4 heterocycles. The van der Waals surface area contributed by atoms with E-state index < -0.39 is 0 Å². The number of morpholine rings is 1. The number of anilines is 1. The lowest BCUT2D eigenvalue weighted by molar-refractivity contribution is 0.00721. The van der Waals surface area contributed by atoms with Gasteiger partial charge in [0.2, 0.25) is 0 Å². The van der Waals surface area contributed by atoms with Gasteiger partial charge in [0.25, 0.3) is 5.91 Å². The van der Waals surface area contributed by atoms with Crippen LogP contribution in [0.25, 0.3) is 5.82 Å². The number of ether oxygens (including phenoxy) is 1. The van der Waals surface area contributed by atoms with Crippen molar-refractivity contribution in [1.82, 2.24) is 24.6 Å². The van der Waals surface area contributed by atoms with Gasteiger partial charge in [-0.15, -0.1) is 0 Å². The van der Waals surface area contributed by atoms with Crippen LogP contribution < -0.4 is 5.32 Å². The first kappa shape index (κ1) is 23.3. The maximum Gasteiger partial charge on any atom is 0.259 e. The van der Waals surface area contributed by atoms with E-state index in [0.29, 0.717) is 29.1 Å². The van der Waals surface area contributed by atoms with Crippen LogP contribution in [-0.4, -0.2) is 62.9 Å². The number of rotatable bonds is 6. The molecule has 8 nitrogen and oxygen atoms in total. The summed E-state index contributed by atoms with van der Waals surface area (Å²) in [7, 11) is 0. The van der Waals surface area contributed by atoms with Gasteiger partial charge in [-0.1, -0.05) is 6.07 Å². The van der Waals surface area contributed by atoms with Gasteiger partial charge in [0.15, 0.2) is 5.82 Å². The third-order valence-corrected chi connectivity index (χ3v) is 8.01. The Kier molecular flexibility index (Phi) is 6.54. The van der Waals surface area contributed by atoms with Crippen molar-refractivity contribution in [2.75, 3.05) is 31.6 Å². The van der Waals surface area contributed by atoms with E-state index in [1.54, 1.807) is 17.1 Å². The second-order valence-electron chi connectivity index (χ2n) is 10.4. The number of amides is 1. The summed E-state index contributed by atoms with van der Waals surface area (Å²) in [5, 5.41) is 7.40. The fourth-order valence-electron chi connectivity index (χ4n) is 5.64. The number of hydrogen-bond acceptors (Lipinski definition) is 6. The van der Waals surface area contributed by atoms with E-state index in [1.807, 2.05) is 25.3 Å². The second-order valence-corrected chi connectivity index (χ2v) is 10.4. The van der Waals surface area contributed by atoms with Crippen LogP contribution in [0.5, 0.6) is 0 Å². The van der Waals surface area contributed by atoms with Gasteiger partial charge in [0.1, 0.15) is 0 Å². The molecule has 0 spiro atoms. The first-order chi connectivity index (χ1) is 17.7. The van der Waals surface area contributed by atoms with E-state index >= 15 is 0 Å². The van der Waals surface area contributed by atoms with Crippen molar-refractivity contribution in [3.63, 3.8) is 0 Å². The molecule has 3 aromatic rings. The van der Waals surface area contributed by atoms with Gasteiger partial charge in [-0.2, -0.15) is 5.10 Å². The van der Waals surface area contributed by atoms with Crippen molar-refractivity contribution in [1.29, 1.82) is 0 Å². The average Bonchev–Trinajstić information content (AvgIpc) is 3.71. The molecule has 3 aromatic heterocycles. The number of pyridine rings is 2. The normalized spacial score (nSPS) is 22.9. The highest BCUT2D eigenvalue weighted by molar-refractivity contribution is 6.04. The van der Waals surface area contributed by atoms with Crippen LogP contribution in [0.4, 0.5) is 5.69 Å². The van der Waals surface area contributed by atoms with Gasteiger partial charge in [-0.05, 0) is 75.1 Å². The monoisotopic (exact) mass is 486 g/mol. The molecule has 1 aliphatic heterocycles. The summed E-state index contributed by atoms with van der Waals surface area (Å²) in [6, 6.07) is 8.80. The smallest absolute Gasteiger partial charge is 0.259 e. The third-order valence-electron chi connectivity index (χ3n) is 8.01. The Labute approximate surface area is 212 Å². The maximum atomic E-state index is 13.0. The van der Waals surface area contributed by atoms with Crippen molar-refractivity contribution < 1.29 is 9.53 Å². The van der Waals surface area contributed by atoms with Crippen LogP contribution in [0.2, 0.25) is 0 Å². The molecule has 0 aromatic carbocycles. The molecule has 1 N–H and O–H groups in total. The average molecular weight is 487 g/mol. The zero-order chi connectivity index (χ0) is 24.5. The van der Waals surface area contributed by atoms with Crippen LogP contribution >= 0.6 is 0 Å². The van der Waals surface area contributed by atoms with Crippen molar-refractivity contribution in [2.24, 2.45) is 0 Å². The largest absolute Gasteiger partial charge is 0.379 e.